The maximum absolute atomic E-state index is 9.26. The van der Waals surface area contributed by atoms with Gasteiger partial charge in [-0.05, 0) is 36.7 Å². The number of nitrogens with zero attached hydrogens (tertiary/aromatic N) is 4. The van der Waals surface area contributed by atoms with E-state index in [0.29, 0.717) is 21.9 Å². The van der Waals surface area contributed by atoms with Gasteiger partial charge in [-0.1, -0.05) is 11.6 Å². The molecule has 18 heavy (non-hydrogen) atoms. The molecule has 0 aliphatic carbocycles. The molecule has 1 N–H and O–H groups in total. The number of aryl methyl sites for hydroxylation is 1. The van der Waals surface area contributed by atoms with Gasteiger partial charge in [0.1, 0.15) is 17.4 Å². The predicted molar refractivity (Wildman–Crippen MR) is 68.9 cm³/mol. The number of hydrogen-bond donors (Lipinski definition) is 1. The van der Waals surface area contributed by atoms with Gasteiger partial charge in [-0.2, -0.15) is 9.64 Å². The van der Waals surface area contributed by atoms with Crippen LogP contribution in [0.5, 0.6) is 5.75 Å². The number of hydrogen-bond acceptors (Lipinski definition) is 6. The molecule has 2 aromatic rings. The molecule has 0 aliphatic rings. The number of halogens is 1. The molecular weight excluding hydrogens is 272 g/mol. The van der Waals surface area contributed by atoms with Crippen LogP contribution in [0.4, 0.5) is 10.7 Å². The molecule has 90 valence electrons. The second-order valence-corrected chi connectivity index (χ2v) is 4.55. The first-order valence-corrected chi connectivity index (χ1v) is 6.03. The number of aromatic hydroxyl groups is 1. The summed E-state index contributed by atoms with van der Waals surface area (Å²) in [6.07, 6.45) is 0. The molecule has 0 radical (unpaired) electrons. The lowest BCUT2D eigenvalue weighted by Crippen LogP contribution is -1.74. The Labute approximate surface area is 112 Å². The first kappa shape index (κ1) is 12.5. The zero-order valence-electron chi connectivity index (χ0n) is 9.25. The minimum atomic E-state index is -0.0121. The normalized spacial score (nSPS) is 10.7. The van der Waals surface area contributed by atoms with Crippen LogP contribution < -0.4 is 0 Å². The lowest BCUT2D eigenvalue weighted by atomic mass is 10.3. The first-order chi connectivity index (χ1) is 8.61. The van der Waals surface area contributed by atoms with Crippen LogP contribution in [0.15, 0.2) is 28.4 Å². The van der Waals surface area contributed by atoms with E-state index >= 15 is 0 Å². The van der Waals surface area contributed by atoms with Gasteiger partial charge in [0, 0.05) is 0 Å². The Bertz CT molecular complexity index is 660. The summed E-state index contributed by atoms with van der Waals surface area (Å²) < 4.78 is 4.03. The Morgan fingerprint density at radius 2 is 2.22 bits per heavy atom. The molecule has 1 aromatic carbocycles. The molecule has 0 saturated heterocycles. The van der Waals surface area contributed by atoms with Crippen molar-refractivity contribution in [1.29, 1.82) is 5.26 Å². The third kappa shape index (κ3) is 2.47. The summed E-state index contributed by atoms with van der Waals surface area (Å²) in [5.41, 5.74) is 1.56. The highest BCUT2D eigenvalue weighted by molar-refractivity contribution is 7.10. The van der Waals surface area contributed by atoms with Crippen LogP contribution in [0.1, 0.15) is 11.3 Å². The van der Waals surface area contributed by atoms with E-state index in [4.69, 9.17) is 16.9 Å². The van der Waals surface area contributed by atoms with Crippen molar-refractivity contribution in [2.45, 2.75) is 6.92 Å². The quantitative estimate of drug-likeness (QED) is 0.840. The minimum Gasteiger partial charge on any atom is -0.506 e. The van der Waals surface area contributed by atoms with E-state index in [1.54, 1.807) is 13.0 Å². The molecule has 1 aromatic heterocycles. The number of phenolic OH excluding ortho intramolecular Hbond substituents is 1. The highest BCUT2D eigenvalue weighted by Gasteiger charge is 2.09. The summed E-state index contributed by atoms with van der Waals surface area (Å²) in [5.74, 6) is -0.0121. The third-order valence-electron chi connectivity index (χ3n) is 2.14. The highest BCUT2D eigenvalue weighted by atomic mass is 35.5. The monoisotopic (exact) mass is 278 g/mol. The fourth-order valence-corrected chi connectivity index (χ4v) is 2.07. The summed E-state index contributed by atoms with van der Waals surface area (Å²) >= 11 is 6.86. The van der Waals surface area contributed by atoms with Crippen LogP contribution in [0, 0.1) is 18.3 Å². The second-order valence-electron chi connectivity index (χ2n) is 3.40. The Kier molecular flexibility index (Phi) is 3.55. The van der Waals surface area contributed by atoms with E-state index in [0.717, 1.165) is 11.5 Å². The van der Waals surface area contributed by atoms with Gasteiger partial charge in [0.25, 0.3) is 0 Å². The summed E-state index contributed by atoms with van der Waals surface area (Å²) in [7, 11) is 0. The van der Waals surface area contributed by atoms with Crippen molar-refractivity contribution in [2.75, 3.05) is 0 Å². The number of nitriles is 1. The molecule has 2 rings (SSSR count). The standard InChI is InChI=1S/C11H7ClN4OS/c1-6-8(5-13)11(18-16-6)15-14-7-2-3-10(17)9(12)4-7/h2-4,17H,1H3. The molecule has 0 aliphatic heterocycles. The topological polar surface area (TPSA) is 81.6 Å². The van der Waals surface area contributed by atoms with Gasteiger partial charge in [-0.3, -0.25) is 0 Å². The number of azo groups is 1. The molecule has 0 unspecified atom stereocenters. The SMILES string of the molecule is Cc1nsc(N=Nc2ccc(O)c(Cl)c2)c1C#N. The van der Waals surface area contributed by atoms with Crippen molar-refractivity contribution < 1.29 is 5.11 Å². The Balaban J connectivity index is 2.30. The Hall–Kier alpha value is -1.97. The lowest BCUT2D eigenvalue weighted by Gasteiger charge is -1.96. The second kappa shape index (κ2) is 5.12. The maximum atomic E-state index is 9.26. The average Bonchev–Trinajstić information content (AvgIpc) is 2.71. The van der Waals surface area contributed by atoms with E-state index in [1.807, 2.05) is 6.07 Å². The average molecular weight is 279 g/mol. The largest absolute Gasteiger partial charge is 0.506 e. The van der Waals surface area contributed by atoms with Gasteiger partial charge in [0.2, 0.25) is 0 Å². The smallest absolute Gasteiger partial charge is 0.176 e. The summed E-state index contributed by atoms with van der Waals surface area (Å²) in [5, 5.41) is 26.8. The summed E-state index contributed by atoms with van der Waals surface area (Å²) in [6.45, 7) is 1.74. The molecule has 5 nitrogen and oxygen atoms in total. The first-order valence-electron chi connectivity index (χ1n) is 4.88. The van der Waals surface area contributed by atoms with Gasteiger partial charge < -0.3 is 5.11 Å². The number of rotatable bonds is 2. The Morgan fingerprint density at radius 1 is 1.44 bits per heavy atom. The van der Waals surface area contributed by atoms with Gasteiger partial charge in [0.15, 0.2) is 5.00 Å². The molecule has 0 saturated carbocycles. The number of benzene rings is 1. The molecule has 0 fully saturated rings. The molecule has 0 atom stereocenters. The van der Waals surface area contributed by atoms with Crippen molar-refractivity contribution in [1.82, 2.24) is 4.37 Å². The fourth-order valence-electron chi connectivity index (χ4n) is 1.22. The van der Waals surface area contributed by atoms with E-state index in [9.17, 15) is 5.11 Å². The van der Waals surface area contributed by atoms with Crippen LogP contribution in [-0.2, 0) is 0 Å². The van der Waals surface area contributed by atoms with Crippen LogP contribution in [-0.4, -0.2) is 9.48 Å². The van der Waals surface area contributed by atoms with Gasteiger partial charge in [0.05, 0.1) is 16.4 Å². The van der Waals surface area contributed by atoms with E-state index < -0.39 is 0 Å². The zero-order valence-corrected chi connectivity index (χ0v) is 10.8. The minimum absolute atomic E-state index is 0.0121. The van der Waals surface area contributed by atoms with Gasteiger partial charge in [-0.15, -0.1) is 10.2 Å². The molecule has 0 spiro atoms. The van der Waals surface area contributed by atoms with Gasteiger partial charge in [-0.25, -0.2) is 0 Å². The van der Waals surface area contributed by atoms with Crippen molar-refractivity contribution in [2.24, 2.45) is 10.2 Å². The van der Waals surface area contributed by atoms with Crippen molar-refractivity contribution in [3.8, 4) is 11.8 Å². The predicted octanol–water partition coefficient (Wildman–Crippen LogP) is 4.10. The van der Waals surface area contributed by atoms with E-state index in [-0.39, 0.29) is 10.8 Å². The molecule has 1 heterocycles. The van der Waals surface area contributed by atoms with Crippen molar-refractivity contribution in [3.05, 3.63) is 34.5 Å². The van der Waals surface area contributed by atoms with Crippen LogP contribution in [0.2, 0.25) is 5.02 Å². The van der Waals surface area contributed by atoms with Crippen LogP contribution in [0.25, 0.3) is 0 Å². The molecular formula is C11H7ClN4OS. The van der Waals surface area contributed by atoms with E-state index in [1.165, 1.54) is 12.1 Å². The summed E-state index contributed by atoms with van der Waals surface area (Å²) in [4.78, 5) is 0. The number of aromatic nitrogens is 1. The van der Waals surface area contributed by atoms with Crippen LogP contribution >= 0.6 is 23.1 Å². The highest BCUT2D eigenvalue weighted by Crippen LogP contribution is 2.31. The molecule has 7 heteroatoms. The maximum Gasteiger partial charge on any atom is 0.176 e. The van der Waals surface area contributed by atoms with Gasteiger partial charge >= 0.3 is 0 Å². The van der Waals surface area contributed by atoms with Crippen LogP contribution in [0.3, 0.4) is 0 Å². The zero-order chi connectivity index (χ0) is 13.1. The van der Waals surface area contributed by atoms with Crippen molar-refractivity contribution in [3.63, 3.8) is 0 Å². The molecule has 0 amide bonds. The van der Waals surface area contributed by atoms with Crippen molar-refractivity contribution >= 4 is 33.8 Å². The fraction of sp³-hybridized carbons (Fsp3) is 0.0909. The third-order valence-corrected chi connectivity index (χ3v) is 3.27. The lowest BCUT2D eigenvalue weighted by molar-refractivity contribution is 0.475. The molecule has 0 bridgehead atoms. The Morgan fingerprint density at radius 3 is 2.89 bits per heavy atom. The van der Waals surface area contributed by atoms with E-state index in [2.05, 4.69) is 14.6 Å². The number of phenols is 1. The summed E-state index contributed by atoms with van der Waals surface area (Å²) in [6, 6.07) is 6.52.